The third-order valence-corrected chi connectivity index (χ3v) is 3.65. The van der Waals surface area contributed by atoms with Crippen molar-refractivity contribution in [3.63, 3.8) is 0 Å². The predicted molar refractivity (Wildman–Crippen MR) is 87.5 cm³/mol. The molecule has 0 radical (unpaired) electrons. The van der Waals surface area contributed by atoms with Crippen LogP contribution in [0.15, 0.2) is 60.7 Å². The highest BCUT2D eigenvalue weighted by Gasteiger charge is 2.17. The zero-order valence-electron chi connectivity index (χ0n) is 13.0. The summed E-state index contributed by atoms with van der Waals surface area (Å²) in [5.74, 6) is 0. The average Bonchev–Trinajstić information content (AvgIpc) is 2.58. The molecule has 0 heterocycles. The first-order valence-electron chi connectivity index (χ1n) is 7.67. The number of methoxy groups -OCH3 is 1. The van der Waals surface area contributed by atoms with Crippen molar-refractivity contribution >= 4 is 0 Å². The van der Waals surface area contributed by atoms with Gasteiger partial charge in [-0.05, 0) is 24.0 Å². The maximum Gasteiger partial charge on any atom is 0.147 e. The number of ether oxygens (including phenoxy) is 2. The van der Waals surface area contributed by atoms with Crippen molar-refractivity contribution in [2.75, 3.05) is 13.9 Å². The topological polar surface area (TPSA) is 38.7 Å². The second-order valence-electron chi connectivity index (χ2n) is 5.39. The Kier molecular flexibility index (Phi) is 7.10. The van der Waals surface area contributed by atoms with Gasteiger partial charge in [-0.25, -0.2) is 0 Å². The molecule has 0 saturated heterocycles. The minimum Gasteiger partial charge on any atom is -0.393 e. The highest BCUT2D eigenvalue weighted by molar-refractivity contribution is 5.18. The molecule has 3 heteroatoms. The summed E-state index contributed by atoms with van der Waals surface area (Å²) in [6, 6.07) is 20.2. The van der Waals surface area contributed by atoms with Crippen molar-refractivity contribution < 1.29 is 14.6 Å². The van der Waals surface area contributed by atoms with E-state index in [2.05, 4.69) is 12.1 Å². The van der Waals surface area contributed by atoms with Crippen LogP contribution in [0.4, 0.5) is 0 Å². The molecular formula is C19H24O3. The summed E-state index contributed by atoms with van der Waals surface area (Å²) < 4.78 is 10.7. The molecule has 0 aliphatic heterocycles. The van der Waals surface area contributed by atoms with Crippen LogP contribution in [-0.4, -0.2) is 25.1 Å². The lowest BCUT2D eigenvalue weighted by Crippen LogP contribution is -2.16. The fourth-order valence-corrected chi connectivity index (χ4v) is 2.46. The normalized spacial score (nSPS) is 13.7. The van der Waals surface area contributed by atoms with Crippen LogP contribution in [0.25, 0.3) is 0 Å². The average molecular weight is 300 g/mol. The third-order valence-electron chi connectivity index (χ3n) is 3.65. The van der Waals surface area contributed by atoms with Gasteiger partial charge >= 0.3 is 0 Å². The highest BCUT2D eigenvalue weighted by atomic mass is 16.7. The Hall–Kier alpha value is -1.68. The lowest BCUT2D eigenvalue weighted by Gasteiger charge is -2.21. The molecule has 0 amide bonds. The monoisotopic (exact) mass is 300 g/mol. The summed E-state index contributed by atoms with van der Waals surface area (Å²) in [4.78, 5) is 0. The molecule has 0 aromatic heterocycles. The van der Waals surface area contributed by atoms with E-state index in [1.807, 2.05) is 48.5 Å². The maximum atomic E-state index is 10.3. The van der Waals surface area contributed by atoms with Crippen molar-refractivity contribution in [3.8, 4) is 0 Å². The van der Waals surface area contributed by atoms with E-state index in [-0.39, 0.29) is 12.9 Å². The van der Waals surface area contributed by atoms with Gasteiger partial charge in [-0.1, -0.05) is 60.7 Å². The quantitative estimate of drug-likeness (QED) is 0.717. The van der Waals surface area contributed by atoms with Crippen molar-refractivity contribution in [2.24, 2.45) is 0 Å². The Balaban J connectivity index is 1.89. The fraction of sp³-hybridized carbons (Fsp3) is 0.368. The first kappa shape index (κ1) is 16.7. The number of hydrogen-bond donors (Lipinski definition) is 1. The van der Waals surface area contributed by atoms with Gasteiger partial charge in [0.2, 0.25) is 0 Å². The molecule has 2 atom stereocenters. The first-order chi connectivity index (χ1) is 10.8. The van der Waals surface area contributed by atoms with Crippen LogP contribution in [0.1, 0.15) is 30.1 Å². The summed E-state index contributed by atoms with van der Waals surface area (Å²) in [5, 5.41) is 10.3. The van der Waals surface area contributed by atoms with Crippen LogP contribution in [-0.2, 0) is 15.9 Å². The van der Waals surface area contributed by atoms with Gasteiger partial charge < -0.3 is 14.6 Å². The first-order valence-corrected chi connectivity index (χ1v) is 7.67. The van der Waals surface area contributed by atoms with Crippen LogP contribution in [0.2, 0.25) is 0 Å². The smallest absolute Gasteiger partial charge is 0.147 e. The van der Waals surface area contributed by atoms with Gasteiger partial charge in [-0.15, -0.1) is 0 Å². The number of hydrogen-bond acceptors (Lipinski definition) is 3. The summed E-state index contributed by atoms with van der Waals surface area (Å²) in [5.41, 5.74) is 2.31. The standard InChI is InChI=1S/C19H24O3/c1-21-15-22-19(17-10-6-3-7-11-17)14-18(20)13-12-16-8-4-2-5-9-16/h2-11,18-20H,12-15H2,1H3/t18-,19+/m0/s1. The summed E-state index contributed by atoms with van der Waals surface area (Å²) in [6.07, 6.45) is 1.62. The molecule has 0 saturated carbocycles. The van der Waals surface area contributed by atoms with E-state index >= 15 is 0 Å². The number of aliphatic hydroxyl groups is 1. The Morgan fingerprint density at radius 2 is 1.59 bits per heavy atom. The molecule has 22 heavy (non-hydrogen) atoms. The molecule has 0 fully saturated rings. The second-order valence-corrected chi connectivity index (χ2v) is 5.39. The van der Waals surface area contributed by atoms with Gasteiger partial charge in [0.1, 0.15) is 6.79 Å². The second kappa shape index (κ2) is 9.36. The molecule has 0 unspecified atom stereocenters. The molecule has 0 aliphatic rings. The van der Waals surface area contributed by atoms with Crippen molar-refractivity contribution in [2.45, 2.75) is 31.5 Å². The van der Waals surface area contributed by atoms with Gasteiger partial charge in [0.05, 0.1) is 12.2 Å². The maximum absolute atomic E-state index is 10.3. The Labute approximate surface area is 132 Å². The predicted octanol–water partition coefficient (Wildman–Crippen LogP) is 3.73. The Morgan fingerprint density at radius 1 is 0.955 bits per heavy atom. The zero-order valence-corrected chi connectivity index (χ0v) is 13.0. The third kappa shape index (κ3) is 5.60. The van der Waals surface area contributed by atoms with Gasteiger partial charge in [0.15, 0.2) is 0 Å². The molecule has 2 aromatic rings. The van der Waals surface area contributed by atoms with E-state index < -0.39 is 6.10 Å². The van der Waals surface area contributed by atoms with E-state index in [0.29, 0.717) is 6.42 Å². The summed E-state index contributed by atoms with van der Waals surface area (Å²) in [7, 11) is 1.61. The number of rotatable bonds is 9. The van der Waals surface area contributed by atoms with Gasteiger partial charge in [0.25, 0.3) is 0 Å². The molecule has 1 N–H and O–H groups in total. The van der Waals surface area contributed by atoms with Gasteiger partial charge in [-0.2, -0.15) is 0 Å². The van der Waals surface area contributed by atoms with E-state index in [1.54, 1.807) is 7.11 Å². The number of aryl methyl sites for hydroxylation is 1. The molecule has 0 spiro atoms. The zero-order chi connectivity index (χ0) is 15.6. The van der Waals surface area contributed by atoms with Crippen LogP contribution in [0.5, 0.6) is 0 Å². The van der Waals surface area contributed by atoms with E-state index in [1.165, 1.54) is 5.56 Å². The van der Waals surface area contributed by atoms with E-state index in [9.17, 15) is 5.11 Å². The molecule has 2 aromatic carbocycles. The fourth-order valence-electron chi connectivity index (χ4n) is 2.46. The van der Waals surface area contributed by atoms with Crippen LogP contribution >= 0.6 is 0 Å². The van der Waals surface area contributed by atoms with Crippen molar-refractivity contribution in [1.29, 1.82) is 0 Å². The minimum absolute atomic E-state index is 0.146. The Morgan fingerprint density at radius 3 is 2.23 bits per heavy atom. The molecular weight excluding hydrogens is 276 g/mol. The van der Waals surface area contributed by atoms with Gasteiger partial charge in [0, 0.05) is 13.5 Å². The van der Waals surface area contributed by atoms with Crippen LogP contribution in [0.3, 0.4) is 0 Å². The summed E-state index contributed by atoms with van der Waals surface area (Å²) in [6.45, 7) is 0.227. The lowest BCUT2D eigenvalue weighted by molar-refractivity contribution is -0.0866. The van der Waals surface area contributed by atoms with E-state index in [4.69, 9.17) is 9.47 Å². The minimum atomic E-state index is -0.401. The molecule has 2 rings (SSSR count). The SMILES string of the molecule is COCO[C@H](C[C@@H](O)CCc1ccccc1)c1ccccc1. The molecule has 0 bridgehead atoms. The Bertz CT molecular complexity index is 513. The molecule has 0 aliphatic carbocycles. The molecule has 118 valence electrons. The van der Waals surface area contributed by atoms with Gasteiger partial charge in [-0.3, -0.25) is 0 Å². The molecule has 3 nitrogen and oxygen atoms in total. The van der Waals surface area contributed by atoms with Crippen molar-refractivity contribution in [3.05, 3.63) is 71.8 Å². The van der Waals surface area contributed by atoms with E-state index in [0.717, 1.165) is 18.4 Å². The highest BCUT2D eigenvalue weighted by Crippen LogP contribution is 2.24. The van der Waals surface area contributed by atoms with Crippen molar-refractivity contribution in [1.82, 2.24) is 0 Å². The largest absolute Gasteiger partial charge is 0.393 e. The summed E-state index contributed by atoms with van der Waals surface area (Å²) >= 11 is 0. The number of aliphatic hydroxyl groups excluding tert-OH is 1. The van der Waals surface area contributed by atoms with Crippen LogP contribution in [0, 0.1) is 0 Å². The number of benzene rings is 2. The lowest BCUT2D eigenvalue weighted by atomic mass is 9.99. The van der Waals surface area contributed by atoms with Crippen LogP contribution < -0.4 is 0 Å².